The van der Waals surface area contributed by atoms with Crippen molar-refractivity contribution in [2.75, 3.05) is 0 Å². The number of rotatable bonds is 3. The van der Waals surface area contributed by atoms with Crippen LogP contribution >= 0.6 is 7.92 Å². The lowest BCUT2D eigenvalue weighted by atomic mass is 10.2. The van der Waals surface area contributed by atoms with Crippen LogP contribution in [0.5, 0.6) is 0 Å². The van der Waals surface area contributed by atoms with E-state index in [0.29, 0.717) is 0 Å². The van der Waals surface area contributed by atoms with E-state index in [1.807, 2.05) is 0 Å². The molecule has 0 aliphatic carbocycles. The van der Waals surface area contributed by atoms with E-state index < -0.39 is 7.92 Å². The van der Waals surface area contributed by atoms with Crippen LogP contribution < -0.4 is 10.6 Å². The Kier molecular flexibility index (Phi) is 4.99. The fourth-order valence-corrected chi connectivity index (χ4v) is 5.03. The number of hydrogen-bond acceptors (Lipinski definition) is 0. The molecule has 2 aromatic rings. The first-order chi connectivity index (χ1) is 9.65. The fourth-order valence-electron chi connectivity index (χ4n) is 2.31. The van der Waals surface area contributed by atoms with E-state index in [0.717, 1.165) is 6.42 Å². The Balaban J connectivity index is 2.51. The quantitative estimate of drug-likeness (QED) is 0.580. The molecule has 0 nitrogen and oxygen atoms in total. The van der Waals surface area contributed by atoms with Gasteiger partial charge in [0.2, 0.25) is 0 Å². The van der Waals surface area contributed by atoms with Crippen molar-refractivity contribution in [2.45, 2.75) is 32.3 Å². The first-order valence-electron chi connectivity index (χ1n) is 7.05. The third-order valence-electron chi connectivity index (χ3n) is 3.16. The van der Waals surface area contributed by atoms with Gasteiger partial charge in [0.05, 0.1) is 5.16 Å². The second-order valence-corrected chi connectivity index (χ2v) is 8.04. The zero-order chi connectivity index (χ0) is 14.4. The Bertz CT molecular complexity index is 548. The molecule has 0 aliphatic rings. The van der Waals surface area contributed by atoms with Crippen molar-refractivity contribution in [2.24, 2.45) is 0 Å². The fraction of sp³-hybridized carbons (Fsp3) is 0.263. The van der Waals surface area contributed by atoms with Crippen molar-refractivity contribution < 1.29 is 0 Å². The van der Waals surface area contributed by atoms with E-state index in [4.69, 9.17) is 0 Å². The predicted octanol–water partition coefficient (Wildman–Crippen LogP) is 4.31. The summed E-state index contributed by atoms with van der Waals surface area (Å²) in [6, 6.07) is 21.6. The molecule has 102 valence electrons. The lowest BCUT2D eigenvalue weighted by Gasteiger charge is -2.31. The lowest BCUT2D eigenvalue weighted by molar-refractivity contribution is 0.920. The van der Waals surface area contributed by atoms with Crippen LogP contribution in [-0.2, 0) is 0 Å². The molecule has 0 bridgehead atoms. The van der Waals surface area contributed by atoms with Gasteiger partial charge in [-0.1, -0.05) is 73.5 Å². The Morgan fingerprint density at radius 2 is 1.30 bits per heavy atom. The SMILES string of the molecule is CCC#CC(C)(C)P(c1ccccc1)c1ccccc1. The highest BCUT2D eigenvalue weighted by atomic mass is 31.1. The van der Waals surface area contributed by atoms with Crippen molar-refractivity contribution >= 4 is 18.5 Å². The van der Waals surface area contributed by atoms with Gasteiger partial charge in [-0.3, -0.25) is 0 Å². The van der Waals surface area contributed by atoms with Gasteiger partial charge in [-0.05, 0) is 32.4 Å². The van der Waals surface area contributed by atoms with Gasteiger partial charge in [-0.2, -0.15) is 0 Å². The smallest absolute Gasteiger partial charge is 0.0537 e. The Morgan fingerprint density at radius 1 is 0.850 bits per heavy atom. The zero-order valence-electron chi connectivity index (χ0n) is 12.4. The monoisotopic (exact) mass is 280 g/mol. The van der Waals surface area contributed by atoms with E-state index in [1.54, 1.807) is 0 Å². The summed E-state index contributed by atoms with van der Waals surface area (Å²) in [6.45, 7) is 6.64. The summed E-state index contributed by atoms with van der Waals surface area (Å²) in [4.78, 5) is 0. The molecule has 20 heavy (non-hydrogen) atoms. The van der Waals surface area contributed by atoms with Gasteiger partial charge in [-0.25, -0.2) is 0 Å². The lowest BCUT2D eigenvalue weighted by Crippen LogP contribution is -2.27. The topological polar surface area (TPSA) is 0 Å². The van der Waals surface area contributed by atoms with E-state index >= 15 is 0 Å². The molecular weight excluding hydrogens is 259 g/mol. The summed E-state index contributed by atoms with van der Waals surface area (Å²) in [6.07, 6.45) is 0.913. The summed E-state index contributed by atoms with van der Waals surface area (Å²) in [7, 11) is -0.479. The van der Waals surface area contributed by atoms with Gasteiger partial charge in [0.1, 0.15) is 0 Å². The summed E-state index contributed by atoms with van der Waals surface area (Å²) < 4.78 is 0. The minimum absolute atomic E-state index is 0.0198. The van der Waals surface area contributed by atoms with Crippen molar-refractivity contribution in [3.8, 4) is 11.8 Å². The molecule has 0 spiro atoms. The third-order valence-corrected chi connectivity index (χ3v) is 6.02. The van der Waals surface area contributed by atoms with Gasteiger partial charge in [-0.15, -0.1) is 5.92 Å². The van der Waals surface area contributed by atoms with Crippen LogP contribution in [0.3, 0.4) is 0 Å². The van der Waals surface area contributed by atoms with Crippen LogP contribution in [-0.4, -0.2) is 5.16 Å². The molecule has 1 heteroatoms. The molecule has 0 unspecified atom stereocenters. The molecule has 2 rings (SSSR count). The maximum absolute atomic E-state index is 3.48. The molecule has 0 amide bonds. The Morgan fingerprint density at radius 3 is 1.70 bits per heavy atom. The van der Waals surface area contributed by atoms with Gasteiger partial charge in [0.25, 0.3) is 0 Å². The van der Waals surface area contributed by atoms with Gasteiger partial charge in [0, 0.05) is 6.42 Å². The molecule has 0 aromatic heterocycles. The Hall–Kier alpha value is -1.57. The standard InChI is InChI=1S/C19H21P/c1-4-5-16-19(2,3)20(17-12-8-6-9-13-17)18-14-10-7-11-15-18/h6-15H,4H2,1-3H3. The van der Waals surface area contributed by atoms with Gasteiger partial charge in [0.15, 0.2) is 0 Å². The number of benzene rings is 2. The van der Waals surface area contributed by atoms with Gasteiger partial charge >= 0.3 is 0 Å². The summed E-state index contributed by atoms with van der Waals surface area (Å²) in [5, 5.41) is 2.77. The van der Waals surface area contributed by atoms with Crippen LogP contribution in [0.1, 0.15) is 27.2 Å². The van der Waals surface area contributed by atoms with Crippen molar-refractivity contribution in [3.05, 3.63) is 60.7 Å². The average Bonchev–Trinajstić information content (AvgIpc) is 2.47. The second kappa shape index (κ2) is 6.74. The molecule has 0 radical (unpaired) electrons. The van der Waals surface area contributed by atoms with Crippen LogP contribution in [0, 0.1) is 11.8 Å². The van der Waals surface area contributed by atoms with Crippen LogP contribution in [0.2, 0.25) is 0 Å². The normalized spacial score (nSPS) is 11.0. The minimum Gasteiger partial charge on any atom is -0.103 e. The molecule has 0 atom stereocenters. The molecule has 0 heterocycles. The third kappa shape index (κ3) is 3.50. The zero-order valence-corrected chi connectivity index (χ0v) is 13.3. The van der Waals surface area contributed by atoms with Crippen molar-refractivity contribution in [1.29, 1.82) is 0 Å². The molecule has 0 saturated heterocycles. The van der Waals surface area contributed by atoms with Gasteiger partial charge < -0.3 is 0 Å². The Labute approximate surface area is 124 Å². The molecule has 2 aromatic carbocycles. The maximum atomic E-state index is 3.48. The highest BCUT2D eigenvalue weighted by molar-refractivity contribution is 7.74. The van der Waals surface area contributed by atoms with E-state index in [2.05, 4.69) is 93.3 Å². The molecule has 0 N–H and O–H groups in total. The minimum atomic E-state index is -0.479. The second-order valence-electron chi connectivity index (χ2n) is 5.22. The first-order valence-corrected chi connectivity index (χ1v) is 8.39. The molecule has 0 aliphatic heterocycles. The number of hydrogen-bond donors (Lipinski definition) is 0. The van der Waals surface area contributed by atoms with E-state index in [9.17, 15) is 0 Å². The van der Waals surface area contributed by atoms with Crippen LogP contribution in [0.4, 0.5) is 0 Å². The average molecular weight is 280 g/mol. The van der Waals surface area contributed by atoms with Crippen LogP contribution in [0.25, 0.3) is 0 Å². The first kappa shape index (κ1) is 14.8. The van der Waals surface area contributed by atoms with Crippen molar-refractivity contribution in [1.82, 2.24) is 0 Å². The predicted molar refractivity (Wildman–Crippen MR) is 91.2 cm³/mol. The summed E-state index contributed by atoms with van der Waals surface area (Å²) in [5.41, 5.74) is 0. The molecule has 0 fully saturated rings. The molecule has 0 saturated carbocycles. The van der Waals surface area contributed by atoms with E-state index in [-0.39, 0.29) is 5.16 Å². The highest BCUT2D eigenvalue weighted by Crippen LogP contribution is 2.47. The summed E-state index contributed by atoms with van der Waals surface area (Å²) in [5.74, 6) is 6.76. The maximum Gasteiger partial charge on any atom is 0.0537 e. The highest BCUT2D eigenvalue weighted by Gasteiger charge is 2.30. The molecular formula is C19H21P. The summed E-state index contributed by atoms with van der Waals surface area (Å²) >= 11 is 0. The van der Waals surface area contributed by atoms with E-state index in [1.165, 1.54) is 10.6 Å². The van der Waals surface area contributed by atoms with Crippen molar-refractivity contribution in [3.63, 3.8) is 0 Å². The largest absolute Gasteiger partial charge is 0.103 e. The van der Waals surface area contributed by atoms with Crippen LogP contribution in [0.15, 0.2) is 60.7 Å².